The van der Waals surface area contributed by atoms with Gasteiger partial charge in [-0.2, -0.15) is 4.39 Å². The van der Waals surface area contributed by atoms with Crippen LogP contribution in [0.3, 0.4) is 0 Å². The van der Waals surface area contributed by atoms with E-state index in [-0.39, 0.29) is 5.91 Å². The van der Waals surface area contributed by atoms with Crippen LogP contribution in [0.2, 0.25) is 0 Å². The molecule has 0 spiro atoms. The largest absolute Gasteiger partial charge is 0.369 e. The zero-order valence-corrected chi connectivity index (χ0v) is 14.0. The standard InChI is InChI=1S/C16H23FN4O3/c1-18-15(22)11-20-8-6-12(7-9-20)10-19(2)14-5-3-4-13(17)16(14)21(23)24/h3-5,12H,6-11H2,1-2H3,(H,18,22). The van der Waals surface area contributed by atoms with Crippen LogP contribution in [0.5, 0.6) is 0 Å². The smallest absolute Gasteiger partial charge is 0.327 e. The summed E-state index contributed by atoms with van der Waals surface area (Å²) >= 11 is 0. The normalized spacial score (nSPS) is 16.0. The number of hydrogen-bond acceptors (Lipinski definition) is 5. The minimum atomic E-state index is -0.815. The van der Waals surface area contributed by atoms with Crippen molar-refractivity contribution in [3.8, 4) is 0 Å². The van der Waals surface area contributed by atoms with Gasteiger partial charge in [-0.05, 0) is 44.0 Å². The van der Waals surface area contributed by atoms with E-state index >= 15 is 0 Å². The van der Waals surface area contributed by atoms with Crippen LogP contribution < -0.4 is 10.2 Å². The van der Waals surface area contributed by atoms with Crippen molar-refractivity contribution < 1.29 is 14.1 Å². The Balaban J connectivity index is 1.95. The molecule has 1 N–H and O–H groups in total. The molecule has 1 amide bonds. The summed E-state index contributed by atoms with van der Waals surface area (Å²) < 4.78 is 13.7. The molecule has 1 aliphatic rings. The fourth-order valence-electron chi connectivity index (χ4n) is 3.09. The molecule has 1 fully saturated rings. The summed E-state index contributed by atoms with van der Waals surface area (Å²) in [5, 5.41) is 13.7. The van der Waals surface area contributed by atoms with E-state index in [0.29, 0.717) is 24.7 Å². The molecule has 1 aromatic carbocycles. The number of halogens is 1. The van der Waals surface area contributed by atoms with Crippen molar-refractivity contribution in [1.82, 2.24) is 10.2 Å². The third-order valence-corrected chi connectivity index (χ3v) is 4.44. The molecule has 0 saturated carbocycles. The van der Waals surface area contributed by atoms with E-state index in [0.717, 1.165) is 32.0 Å². The maximum Gasteiger partial charge on any atom is 0.327 e. The molecule has 2 rings (SSSR count). The molecule has 0 bridgehead atoms. The highest BCUT2D eigenvalue weighted by atomic mass is 19.1. The van der Waals surface area contributed by atoms with Gasteiger partial charge in [-0.1, -0.05) is 6.07 Å². The lowest BCUT2D eigenvalue weighted by atomic mass is 9.96. The van der Waals surface area contributed by atoms with Crippen LogP contribution in [-0.2, 0) is 4.79 Å². The highest BCUT2D eigenvalue weighted by molar-refractivity contribution is 5.77. The number of hydrogen-bond donors (Lipinski definition) is 1. The molecule has 0 unspecified atom stereocenters. The molecule has 8 heteroatoms. The Morgan fingerprint density at radius 2 is 2.12 bits per heavy atom. The number of anilines is 1. The van der Waals surface area contributed by atoms with Crippen LogP contribution in [-0.4, -0.2) is 56.0 Å². The zero-order chi connectivity index (χ0) is 17.7. The quantitative estimate of drug-likeness (QED) is 0.630. The highest BCUT2D eigenvalue weighted by Gasteiger charge is 2.26. The van der Waals surface area contributed by atoms with Gasteiger partial charge in [0.1, 0.15) is 5.69 Å². The lowest BCUT2D eigenvalue weighted by Crippen LogP contribution is -2.42. The lowest BCUT2D eigenvalue weighted by Gasteiger charge is -2.33. The Morgan fingerprint density at radius 3 is 2.71 bits per heavy atom. The molecular formula is C16H23FN4O3. The number of likely N-dealkylation sites (N-methyl/N-ethyl adjacent to an activating group) is 1. The zero-order valence-electron chi connectivity index (χ0n) is 14.0. The molecule has 1 aromatic rings. The number of carbonyl (C=O) groups excluding carboxylic acids is 1. The number of amides is 1. The molecule has 1 aliphatic heterocycles. The van der Waals surface area contributed by atoms with Gasteiger partial charge in [0.05, 0.1) is 11.5 Å². The van der Waals surface area contributed by atoms with Crippen molar-refractivity contribution in [2.45, 2.75) is 12.8 Å². The van der Waals surface area contributed by atoms with Crippen LogP contribution in [0.4, 0.5) is 15.8 Å². The van der Waals surface area contributed by atoms with Crippen molar-refractivity contribution >= 4 is 17.3 Å². The predicted molar refractivity (Wildman–Crippen MR) is 89.6 cm³/mol. The van der Waals surface area contributed by atoms with Crippen molar-refractivity contribution in [2.24, 2.45) is 5.92 Å². The molecule has 1 heterocycles. The topological polar surface area (TPSA) is 78.7 Å². The van der Waals surface area contributed by atoms with E-state index in [4.69, 9.17) is 0 Å². The monoisotopic (exact) mass is 338 g/mol. The van der Waals surface area contributed by atoms with Crippen LogP contribution in [0.1, 0.15) is 12.8 Å². The summed E-state index contributed by atoms with van der Waals surface area (Å²) in [6.07, 6.45) is 1.81. The third kappa shape index (κ3) is 4.41. The molecule has 0 atom stereocenters. The molecule has 1 saturated heterocycles. The van der Waals surface area contributed by atoms with Crippen LogP contribution in [0.15, 0.2) is 18.2 Å². The number of likely N-dealkylation sites (tertiary alicyclic amines) is 1. The summed E-state index contributed by atoms with van der Waals surface area (Å²) in [5.41, 5.74) is -0.176. The Bertz CT molecular complexity index is 603. The van der Waals surface area contributed by atoms with E-state index in [1.807, 2.05) is 0 Å². The number of carbonyl (C=O) groups is 1. The number of benzene rings is 1. The van der Waals surface area contributed by atoms with Gasteiger partial charge >= 0.3 is 5.69 Å². The predicted octanol–water partition coefficient (Wildman–Crippen LogP) is 1.63. The average Bonchev–Trinajstić information content (AvgIpc) is 2.55. The summed E-state index contributed by atoms with van der Waals surface area (Å²) in [4.78, 5) is 25.7. The second-order valence-corrected chi connectivity index (χ2v) is 6.14. The number of para-hydroxylation sites is 1. The van der Waals surface area contributed by atoms with Gasteiger partial charge in [-0.3, -0.25) is 19.8 Å². The summed E-state index contributed by atoms with van der Waals surface area (Å²) in [7, 11) is 3.37. The van der Waals surface area contributed by atoms with E-state index in [9.17, 15) is 19.3 Å². The maximum absolute atomic E-state index is 13.7. The van der Waals surface area contributed by atoms with Gasteiger partial charge in [0, 0.05) is 20.6 Å². The van der Waals surface area contributed by atoms with E-state index < -0.39 is 16.4 Å². The fraction of sp³-hybridized carbons (Fsp3) is 0.562. The Labute approximate surface area is 140 Å². The third-order valence-electron chi connectivity index (χ3n) is 4.44. The summed E-state index contributed by atoms with van der Waals surface area (Å²) in [5.74, 6) is -0.454. The average molecular weight is 338 g/mol. The van der Waals surface area contributed by atoms with Gasteiger partial charge in [0.15, 0.2) is 0 Å². The SMILES string of the molecule is CNC(=O)CN1CCC(CN(C)c2cccc(F)c2[N+](=O)[O-])CC1. The Kier molecular flexibility index (Phi) is 6.08. The minimum Gasteiger partial charge on any atom is -0.369 e. The Morgan fingerprint density at radius 1 is 1.46 bits per heavy atom. The summed E-state index contributed by atoms with van der Waals surface area (Å²) in [6, 6.07) is 4.16. The van der Waals surface area contributed by atoms with Gasteiger partial charge in [0.25, 0.3) is 0 Å². The number of nitrogens with one attached hydrogen (secondary N) is 1. The number of rotatable bonds is 6. The number of piperidine rings is 1. The fourth-order valence-corrected chi connectivity index (χ4v) is 3.09. The van der Waals surface area contributed by atoms with E-state index in [1.165, 1.54) is 6.07 Å². The highest BCUT2D eigenvalue weighted by Crippen LogP contribution is 2.31. The van der Waals surface area contributed by atoms with E-state index in [1.54, 1.807) is 25.1 Å². The Hall–Kier alpha value is -2.22. The molecule has 132 valence electrons. The van der Waals surface area contributed by atoms with Crippen molar-refractivity contribution in [3.63, 3.8) is 0 Å². The number of nitro benzene ring substituents is 1. The minimum absolute atomic E-state index is 0.000883. The van der Waals surface area contributed by atoms with Gasteiger partial charge < -0.3 is 10.2 Å². The van der Waals surface area contributed by atoms with Crippen molar-refractivity contribution in [3.05, 3.63) is 34.1 Å². The van der Waals surface area contributed by atoms with Gasteiger partial charge in [0.2, 0.25) is 11.7 Å². The summed E-state index contributed by atoms with van der Waals surface area (Å²) in [6.45, 7) is 2.65. The van der Waals surface area contributed by atoms with Crippen molar-refractivity contribution in [1.29, 1.82) is 0 Å². The van der Waals surface area contributed by atoms with Gasteiger partial charge in [-0.15, -0.1) is 0 Å². The first-order chi connectivity index (χ1) is 11.4. The lowest BCUT2D eigenvalue weighted by molar-refractivity contribution is -0.386. The second-order valence-electron chi connectivity index (χ2n) is 6.14. The molecule has 0 aromatic heterocycles. The van der Waals surface area contributed by atoms with Crippen LogP contribution in [0.25, 0.3) is 0 Å². The molecule has 0 aliphatic carbocycles. The molecule has 24 heavy (non-hydrogen) atoms. The van der Waals surface area contributed by atoms with E-state index in [2.05, 4.69) is 10.2 Å². The molecule has 7 nitrogen and oxygen atoms in total. The van der Waals surface area contributed by atoms with Crippen molar-refractivity contribution in [2.75, 3.05) is 45.2 Å². The maximum atomic E-state index is 13.7. The molecular weight excluding hydrogens is 315 g/mol. The second kappa shape index (κ2) is 8.05. The van der Waals surface area contributed by atoms with Gasteiger partial charge in [-0.25, -0.2) is 0 Å². The first kappa shape index (κ1) is 18.1. The van der Waals surface area contributed by atoms with Crippen LogP contribution in [0, 0.1) is 21.8 Å². The molecule has 0 radical (unpaired) electrons. The first-order valence-electron chi connectivity index (χ1n) is 7.99. The number of nitrogens with zero attached hydrogens (tertiary/aromatic N) is 3. The van der Waals surface area contributed by atoms with Crippen LogP contribution >= 0.6 is 0 Å². The number of nitro groups is 1. The first-order valence-corrected chi connectivity index (χ1v) is 7.99.